The van der Waals surface area contributed by atoms with Gasteiger partial charge in [-0.1, -0.05) is 42.1 Å². The molecule has 0 aliphatic rings. The Morgan fingerprint density at radius 3 is 2.74 bits per heavy atom. The maximum absolute atomic E-state index is 8.82. The van der Waals surface area contributed by atoms with E-state index in [4.69, 9.17) is 39.0 Å². The number of hydrogen-bond acceptors (Lipinski definition) is 6. The maximum atomic E-state index is 8.82. The summed E-state index contributed by atoms with van der Waals surface area (Å²) in [5.41, 5.74) is 6.98. The molecule has 23 heavy (non-hydrogen) atoms. The fourth-order valence-electron chi connectivity index (χ4n) is 2.22. The Balaban J connectivity index is 1.98. The van der Waals surface area contributed by atoms with Crippen LogP contribution in [0, 0.1) is 0 Å². The summed E-state index contributed by atoms with van der Waals surface area (Å²) < 4.78 is 1.61. The largest absolute Gasteiger partial charge is 0.451 e. The fraction of sp³-hybridized carbons (Fsp3) is 0.462. The third kappa shape index (κ3) is 5.44. The van der Waals surface area contributed by atoms with Gasteiger partial charge in [-0.05, 0) is 40.9 Å². The molecule has 2 rings (SSSR count). The second-order valence-electron chi connectivity index (χ2n) is 5.30. The van der Waals surface area contributed by atoms with Crippen LogP contribution in [0.2, 0.25) is 16.4 Å². The summed E-state index contributed by atoms with van der Waals surface area (Å²) in [5.74, 6) is 0.570. The van der Waals surface area contributed by atoms with Crippen molar-refractivity contribution in [3.05, 3.63) is 39.6 Å². The highest BCUT2D eigenvalue weighted by molar-refractivity contribution is 6.40. The van der Waals surface area contributed by atoms with Crippen LogP contribution in [0.5, 0.6) is 0 Å². The Hall–Kier alpha value is -1.19. The highest BCUT2D eigenvalue weighted by atomic mass is 35.5. The normalized spacial score (nSPS) is 12.4. The van der Waals surface area contributed by atoms with E-state index in [0.717, 1.165) is 12.0 Å². The minimum absolute atomic E-state index is 0.327. The molecule has 0 aliphatic heterocycles. The Morgan fingerprint density at radius 2 is 2.04 bits per heavy atom. The average molecular weight is 358 g/mol. The minimum atomic E-state index is -1.27. The zero-order valence-electron chi connectivity index (χ0n) is 12.4. The summed E-state index contributed by atoms with van der Waals surface area (Å²) >= 11 is 12.1. The van der Waals surface area contributed by atoms with E-state index in [1.54, 1.807) is 16.8 Å². The quantitative estimate of drug-likeness (QED) is 0.489. The van der Waals surface area contributed by atoms with E-state index >= 15 is 0 Å². The van der Waals surface area contributed by atoms with Gasteiger partial charge in [-0.2, -0.15) is 0 Å². The van der Waals surface area contributed by atoms with Crippen molar-refractivity contribution in [3.63, 3.8) is 0 Å². The SMILES string of the molecule is NC(CCCCB(O)O)c1nnnn1Cc1ccc(Cl)cc1Cl. The molecule has 0 aliphatic carbocycles. The lowest BCUT2D eigenvalue weighted by atomic mass is 9.83. The van der Waals surface area contributed by atoms with Crippen LogP contribution in [-0.2, 0) is 6.54 Å². The third-order valence-corrected chi connectivity index (χ3v) is 4.04. The van der Waals surface area contributed by atoms with Crippen molar-refractivity contribution in [1.82, 2.24) is 20.2 Å². The summed E-state index contributed by atoms with van der Waals surface area (Å²) in [7, 11) is -1.27. The number of halogens is 2. The predicted molar refractivity (Wildman–Crippen MR) is 89.2 cm³/mol. The molecule has 0 saturated carbocycles. The van der Waals surface area contributed by atoms with Gasteiger partial charge < -0.3 is 15.8 Å². The van der Waals surface area contributed by atoms with Crippen LogP contribution in [0.25, 0.3) is 0 Å². The molecule has 1 unspecified atom stereocenters. The number of tetrazole rings is 1. The van der Waals surface area contributed by atoms with Gasteiger partial charge in [0.05, 0.1) is 12.6 Å². The van der Waals surface area contributed by atoms with Crippen molar-refractivity contribution in [3.8, 4) is 0 Å². The molecule has 7 nitrogen and oxygen atoms in total. The fourth-order valence-corrected chi connectivity index (χ4v) is 2.69. The van der Waals surface area contributed by atoms with E-state index in [0.29, 0.717) is 41.6 Å². The van der Waals surface area contributed by atoms with Crippen molar-refractivity contribution < 1.29 is 10.0 Å². The van der Waals surface area contributed by atoms with Gasteiger partial charge in [-0.3, -0.25) is 0 Å². The molecule has 0 fully saturated rings. The molecule has 0 amide bonds. The van der Waals surface area contributed by atoms with Gasteiger partial charge in [0.25, 0.3) is 0 Å². The first-order valence-corrected chi connectivity index (χ1v) is 8.04. The van der Waals surface area contributed by atoms with Crippen molar-refractivity contribution in [2.45, 2.75) is 38.2 Å². The molecule has 1 atom stereocenters. The van der Waals surface area contributed by atoms with Gasteiger partial charge in [0.1, 0.15) is 0 Å². The molecule has 0 spiro atoms. The highest BCUT2D eigenvalue weighted by Crippen LogP contribution is 2.23. The number of aromatic nitrogens is 4. The van der Waals surface area contributed by atoms with Crippen LogP contribution in [0.4, 0.5) is 0 Å². The van der Waals surface area contributed by atoms with Crippen LogP contribution >= 0.6 is 23.2 Å². The van der Waals surface area contributed by atoms with Crippen LogP contribution in [0.3, 0.4) is 0 Å². The second-order valence-corrected chi connectivity index (χ2v) is 6.15. The maximum Gasteiger partial charge on any atom is 0.451 e. The van der Waals surface area contributed by atoms with E-state index in [1.807, 2.05) is 6.07 Å². The zero-order chi connectivity index (χ0) is 16.8. The average Bonchev–Trinajstić information content (AvgIpc) is 2.94. The van der Waals surface area contributed by atoms with Gasteiger partial charge in [-0.15, -0.1) is 5.10 Å². The molecule has 2 aromatic rings. The summed E-state index contributed by atoms with van der Waals surface area (Å²) in [6.45, 7) is 0.404. The summed E-state index contributed by atoms with van der Waals surface area (Å²) in [5, 5.41) is 30.4. The summed E-state index contributed by atoms with van der Waals surface area (Å²) in [4.78, 5) is 0. The van der Waals surface area contributed by atoms with Crippen molar-refractivity contribution >= 4 is 30.3 Å². The standard InChI is InChI=1S/C13H18BCl2N5O2/c15-10-5-4-9(11(16)7-10)8-21-13(18-19-20-21)12(17)3-1-2-6-14(22)23/h4-5,7,12,22-23H,1-3,6,8,17H2. The van der Waals surface area contributed by atoms with E-state index < -0.39 is 7.12 Å². The number of unbranched alkanes of at least 4 members (excludes halogenated alkanes) is 1. The number of nitrogens with two attached hydrogens (primary N) is 1. The van der Waals surface area contributed by atoms with Gasteiger partial charge in [0, 0.05) is 10.0 Å². The van der Waals surface area contributed by atoms with Crippen molar-refractivity contribution in [2.75, 3.05) is 0 Å². The molecular weight excluding hydrogens is 340 g/mol. The van der Waals surface area contributed by atoms with Gasteiger partial charge in [0.2, 0.25) is 0 Å². The lowest BCUT2D eigenvalue weighted by molar-refractivity contribution is 0.400. The molecule has 4 N–H and O–H groups in total. The highest BCUT2D eigenvalue weighted by Gasteiger charge is 2.16. The molecule has 0 bridgehead atoms. The number of rotatable bonds is 8. The minimum Gasteiger partial charge on any atom is -0.427 e. The number of benzene rings is 1. The summed E-state index contributed by atoms with van der Waals surface area (Å²) in [6, 6.07) is 4.92. The first kappa shape index (κ1) is 18.2. The topological polar surface area (TPSA) is 110 Å². The van der Waals surface area contributed by atoms with Crippen molar-refractivity contribution in [2.24, 2.45) is 5.73 Å². The Labute approximate surface area is 144 Å². The number of nitrogens with zero attached hydrogens (tertiary/aromatic N) is 4. The molecule has 124 valence electrons. The molecule has 1 aromatic carbocycles. The van der Waals surface area contributed by atoms with Gasteiger partial charge in [0.15, 0.2) is 5.82 Å². The lowest BCUT2D eigenvalue weighted by Gasteiger charge is -2.12. The third-order valence-electron chi connectivity index (χ3n) is 3.45. The van der Waals surface area contributed by atoms with Crippen LogP contribution in [-0.4, -0.2) is 37.4 Å². The summed E-state index contributed by atoms with van der Waals surface area (Å²) in [6.07, 6.45) is 2.42. The van der Waals surface area contributed by atoms with Crippen LogP contribution < -0.4 is 5.73 Å². The molecule has 1 aromatic heterocycles. The van der Waals surface area contributed by atoms with Crippen LogP contribution in [0.15, 0.2) is 18.2 Å². The Bertz CT molecular complexity index is 641. The smallest absolute Gasteiger partial charge is 0.427 e. The monoisotopic (exact) mass is 357 g/mol. The Morgan fingerprint density at radius 1 is 1.26 bits per heavy atom. The number of hydrogen-bond donors (Lipinski definition) is 3. The van der Waals surface area contributed by atoms with E-state index in [9.17, 15) is 0 Å². The predicted octanol–water partition coefficient (Wildman–Crippen LogP) is 1.67. The molecule has 0 saturated heterocycles. The molecule has 0 radical (unpaired) electrons. The molecule has 10 heteroatoms. The van der Waals surface area contributed by atoms with E-state index in [1.165, 1.54) is 0 Å². The molecule has 1 heterocycles. The first-order chi connectivity index (χ1) is 11.0. The Kier molecular flexibility index (Phi) is 6.79. The second kappa shape index (κ2) is 8.61. The lowest BCUT2D eigenvalue weighted by Crippen LogP contribution is -2.18. The van der Waals surface area contributed by atoms with E-state index in [-0.39, 0.29) is 6.04 Å². The van der Waals surface area contributed by atoms with Crippen molar-refractivity contribution in [1.29, 1.82) is 0 Å². The van der Waals surface area contributed by atoms with Gasteiger partial charge >= 0.3 is 7.12 Å². The van der Waals surface area contributed by atoms with E-state index in [2.05, 4.69) is 15.5 Å². The zero-order valence-corrected chi connectivity index (χ0v) is 14.0. The van der Waals surface area contributed by atoms with Gasteiger partial charge in [-0.25, -0.2) is 4.68 Å². The molecular formula is C13H18BCl2N5O2. The van der Waals surface area contributed by atoms with Crippen LogP contribution in [0.1, 0.15) is 36.7 Å². The first-order valence-electron chi connectivity index (χ1n) is 7.29.